The lowest BCUT2D eigenvalue weighted by molar-refractivity contribution is -0.129. The highest BCUT2D eigenvalue weighted by Gasteiger charge is 2.21. The summed E-state index contributed by atoms with van der Waals surface area (Å²) in [5, 5.41) is 3.51. The zero-order valence-electron chi connectivity index (χ0n) is 12.6. The van der Waals surface area contributed by atoms with Crippen molar-refractivity contribution in [3.63, 3.8) is 0 Å². The van der Waals surface area contributed by atoms with E-state index in [0.29, 0.717) is 6.04 Å². The second-order valence-corrected chi connectivity index (χ2v) is 5.86. The van der Waals surface area contributed by atoms with E-state index < -0.39 is 0 Å². The molecule has 0 aromatic carbocycles. The van der Waals surface area contributed by atoms with Crippen molar-refractivity contribution in [2.75, 3.05) is 36.4 Å². The van der Waals surface area contributed by atoms with Gasteiger partial charge < -0.3 is 15.1 Å². The third-order valence-electron chi connectivity index (χ3n) is 4.36. The number of nitrogens with one attached hydrogen (secondary N) is 1. The Balaban J connectivity index is 1.62. The summed E-state index contributed by atoms with van der Waals surface area (Å²) in [4.78, 5) is 24.4. The minimum atomic E-state index is 0.146. The lowest BCUT2D eigenvalue weighted by Crippen LogP contribution is -2.48. The molecule has 6 heteroatoms. The van der Waals surface area contributed by atoms with Gasteiger partial charge in [-0.3, -0.25) is 4.79 Å². The normalized spacial score (nSPS) is 19.9. The number of piperazine rings is 1. The van der Waals surface area contributed by atoms with Crippen LogP contribution in [-0.2, 0) is 4.79 Å². The molecule has 1 aliphatic carbocycles. The summed E-state index contributed by atoms with van der Waals surface area (Å²) in [5.41, 5.74) is 0. The van der Waals surface area contributed by atoms with Crippen LogP contribution in [0.5, 0.6) is 0 Å². The van der Waals surface area contributed by atoms with E-state index in [1.807, 2.05) is 17.2 Å². The molecule has 21 heavy (non-hydrogen) atoms. The molecule has 1 aromatic rings. The number of rotatable bonds is 3. The molecule has 0 unspecified atom stereocenters. The fourth-order valence-corrected chi connectivity index (χ4v) is 3.08. The van der Waals surface area contributed by atoms with Crippen molar-refractivity contribution in [1.29, 1.82) is 0 Å². The largest absolute Gasteiger partial charge is 0.367 e. The van der Waals surface area contributed by atoms with Crippen molar-refractivity contribution in [2.45, 2.75) is 38.6 Å². The maximum atomic E-state index is 11.4. The minimum absolute atomic E-state index is 0.146. The van der Waals surface area contributed by atoms with E-state index in [1.165, 1.54) is 25.7 Å². The zero-order valence-corrected chi connectivity index (χ0v) is 12.6. The number of aromatic nitrogens is 2. The average Bonchev–Trinajstić information content (AvgIpc) is 3.00. The van der Waals surface area contributed by atoms with Crippen molar-refractivity contribution in [3.05, 3.63) is 12.3 Å². The highest BCUT2D eigenvalue weighted by Crippen LogP contribution is 2.22. The number of carbonyl (C=O) groups excluding carboxylic acids is 1. The smallest absolute Gasteiger partial charge is 0.227 e. The van der Waals surface area contributed by atoms with Crippen LogP contribution in [0.15, 0.2) is 12.3 Å². The summed E-state index contributed by atoms with van der Waals surface area (Å²) >= 11 is 0. The summed E-state index contributed by atoms with van der Waals surface area (Å²) < 4.78 is 0. The minimum Gasteiger partial charge on any atom is -0.367 e. The number of hydrogen-bond acceptors (Lipinski definition) is 5. The standard InChI is InChI=1S/C15H23N5O/c1-12(21)19-8-10-20(11-9-19)15-16-7-6-14(18-15)17-13-4-2-3-5-13/h6-7,13H,2-5,8-11H2,1H3,(H,16,17,18). The molecule has 1 saturated heterocycles. The molecule has 1 N–H and O–H groups in total. The predicted octanol–water partition coefficient (Wildman–Crippen LogP) is 1.50. The van der Waals surface area contributed by atoms with Crippen molar-refractivity contribution in [1.82, 2.24) is 14.9 Å². The van der Waals surface area contributed by atoms with Crippen molar-refractivity contribution >= 4 is 17.7 Å². The quantitative estimate of drug-likeness (QED) is 0.913. The number of nitrogens with zero attached hydrogens (tertiary/aromatic N) is 4. The van der Waals surface area contributed by atoms with Gasteiger partial charge >= 0.3 is 0 Å². The summed E-state index contributed by atoms with van der Waals surface area (Å²) in [7, 11) is 0. The zero-order chi connectivity index (χ0) is 14.7. The highest BCUT2D eigenvalue weighted by molar-refractivity contribution is 5.73. The van der Waals surface area contributed by atoms with Crippen LogP contribution in [0, 0.1) is 0 Å². The van der Waals surface area contributed by atoms with E-state index in [-0.39, 0.29) is 5.91 Å². The molecule has 0 atom stereocenters. The topological polar surface area (TPSA) is 61.4 Å². The van der Waals surface area contributed by atoms with Crippen LogP contribution in [0.3, 0.4) is 0 Å². The Morgan fingerprint density at radius 1 is 1.24 bits per heavy atom. The van der Waals surface area contributed by atoms with Gasteiger partial charge in [-0.05, 0) is 18.9 Å². The van der Waals surface area contributed by atoms with Crippen LogP contribution in [0.4, 0.5) is 11.8 Å². The Kier molecular flexibility index (Phi) is 4.22. The third-order valence-corrected chi connectivity index (χ3v) is 4.36. The van der Waals surface area contributed by atoms with E-state index in [2.05, 4.69) is 20.2 Å². The Hall–Kier alpha value is -1.85. The lowest BCUT2D eigenvalue weighted by Gasteiger charge is -2.34. The lowest BCUT2D eigenvalue weighted by atomic mass is 10.2. The molecule has 1 aliphatic heterocycles. The van der Waals surface area contributed by atoms with Gasteiger partial charge in [-0.2, -0.15) is 4.98 Å². The molecular formula is C15H23N5O. The van der Waals surface area contributed by atoms with Crippen LogP contribution in [0.25, 0.3) is 0 Å². The average molecular weight is 289 g/mol. The first kappa shape index (κ1) is 14.1. The maximum absolute atomic E-state index is 11.4. The monoisotopic (exact) mass is 289 g/mol. The molecule has 1 aromatic heterocycles. The Morgan fingerprint density at radius 3 is 2.62 bits per heavy atom. The van der Waals surface area contributed by atoms with E-state index in [9.17, 15) is 4.79 Å². The van der Waals surface area contributed by atoms with Gasteiger partial charge in [0.15, 0.2) is 0 Å². The molecule has 114 valence electrons. The van der Waals surface area contributed by atoms with Gasteiger partial charge in [0.25, 0.3) is 0 Å². The second kappa shape index (κ2) is 6.28. The summed E-state index contributed by atoms with van der Waals surface area (Å²) in [6.45, 7) is 4.72. The molecule has 2 heterocycles. The predicted molar refractivity (Wildman–Crippen MR) is 82.4 cm³/mol. The van der Waals surface area contributed by atoms with Crippen molar-refractivity contribution < 1.29 is 4.79 Å². The number of amides is 1. The van der Waals surface area contributed by atoms with Gasteiger partial charge in [0.2, 0.25) is 11.9 Å². The van der Waals surface area contributed by atoms with Gasteiger partial charge in [-0.1, -0.05) is 12.8 Å². The van der Waals surface area contributed by atoms with Gasteiger partial charge in [0.05, 0.1) is 0 Å². The molecule has 1 amide bonds. The second-order valence-electron chi connectivity index (χ2n) is 5.86. The fraction of sp³-hybridized carbons (Fsp3) is 0.667. The number of hydrogen-bond donors (Lipinski definition) is 1. The first-order valence-corrected chi connectivity index (χ1v) is 7.82. The SMILES string of the molecule is CC(=O)N1CCN(c2nccc(NC3CCCC3)n2)CC1. The molecule has 0 bridgehead atoms. The molecular weight excluding hydrogens is 266 g/mol. The molecule has 2 aliphatic rings. The molecule has 3 rings (SSSR count). The van der Waals surface area contributed by atoms with Gasteiger partial charge in [0.1, 0.15) is 5.82 Å². The van der Waals surface area contributed by atoms with Crippen LogP contribution in [0.2, 0.25) is 0 Å². The van der Waals surface area contributed by atoms with E-state index in [0.717, 1.165) is 37.9 Å². The van der Waals surface area contributed by atoms with Gasteiger partial charge in [-0.15, -0.1) is 0 Å². The van der Waals surface area contributed by atoms with E-state index >= 15 is 0 Å². The van der Waals surface area contributed by atoms with Crippen LogP contribution >= 0.6 is 0 Å². The number of anilines is 2. The van der Waals surface area contributed by atoms with Crippen molar-refractivity contribution in [3.8, 4) is 0 Å². The van der Waals surface area contributed by atoms with Gasteiger partial charge in [-0.25, -0.2) is 4.98 Å². The third kappa shape index (κ3) is 3.43. The number of carbonyl (C=O) groups is 1. The Morgan fingerprint density at radius 2 is 1.95 bits per heavy atom. The van der Waals surface area contributed by atoms with E-state index in [4.69, 9.17) is 0 Å². The Bertz CT molecular complexity index is 493. The Labute approximate surface area is 125 Å². The first-order chi connectivity index (χ1) is 10.2. The van der Waals surface area contributed by atoms with E-state index in [1.54, 1.807) is 6.92 Å². The molecule has 0 spiro atoms. The van der Waals surface area contributed by atoms with Crippen LogP contribution < -0.4 is 10.2 Å². The molecule has 0 radical (unpaired) electrons. The molecule has 6 nitrogen and oxygen atoms in total. The molecule has 2 fully saturated rings. The summed E-state index contributed by atoms with van der Waals surface area (Å²) in [6, 6.07) is 2.50. The van der Waals surface area contributed by atoms with Crippen LogP contribution in [0.1, 0.15) is 32.6 Å². The van der Waals surface area contributed by atoms with Crippen molar-refractivity contribution in [2.24, 2.45) is 0 Å². The summed E-state index contributed by atoms with van der Waals surface area (Å²) in [5.74, 6) is 1.83. The first-order valence-electron chi connectivity index (χ1n) is 7.82. The van der Waals surface area contributed by atoms with Crippen LogP contribution in [-0.4, -0.2) is 53.0 Å². The summed E-state index contributed by atoms with van der Waals surface area (Å²) in [6.07, 6.45) is 6.90. The van der Waals surface area contributed by atoms with Gasteiger partial charge in [0, 0.05) is 45.3 Å². The highest BCUT2D eigenvalue weighted by atomic mass is 16.2. The maximum Gasteiger partial charge on any atom is 0.227 e. The fourth-order valence-electron chi connectivity index (χ4n) is 3.08. The molecule has 1 saturated carbocycles.